The highest BCUT2D eigenvalue weighted by Gasteiger charge is 2.37. The Morgan fingerprint density at radius 1 is 1.44 bits per heavy atom. The molecule has 0 saturated heterocycles. The zero-order chi connectivity index (χ0) is 14.0. The lowest BCUT2D eigenvalue weighted by Gasteiger charge is -2.39. The second-order valence-corrected chi connectivity index (χ2v) is 7.11. The topological polar surface area (TPSA) is 52.3 Å². The first-order valence-electron chi connectivity index (χ1n) is 7.16. The van der Waals surface area contributed by atoms with Gasteiger partial charge in [0.1, 0.15) is 11.6 Å². The molecule has 0 heterocycles. The van der Waals surface area contributed by atoms with E-state index >= 15 is 0 Å². The first kappa shape index (κ1) is 15.5. The van der Waals surface area contributed by atoms with Crippen LogP contribution in [0.2, 0.25) is 0 Å². The van der Waals surface area contributed by atoms with Gasteiger partial charge < -0.3 is 10.5 Å². The largest absolute Gasteiger partial charge is 0.461 e. The van der Waals surface area contributed by atoms with Gasteiger partial charge >= 0.3 is 5.97 Å². The quantitative estimate of drug-likeness (QED) is 0.784. The molecular formula is C15H29NO2. The van der Waals surface area contributed by atoms with Gasteiger partial charge in [-0.05, 0) is 43.9 Å². The van der Waals surface area contributed by atoms with E-state index in [4.69, 9.17) is 10.5 Å². The Morgan fingerprint density at radius 3 is 2.56 bits per heavy atom. The van der Waals surface area contributed by atoms with Gasteiger partial charge in [0.05, 0.1) is 0 Å². The van der Waals surface area contributed by atoms with E-state index in [1.54, 1.807) is 6.92 Å². The van der Waals surface area contributed by atoms with Crippen molar-refractivity contribution in [2.24, 2.45) is 17.1 Å². The summed E-state index contributed by atoms with van der Waals surface area (Å²) in [5.74, 6) is 0.376. The first-order chi connectivity index (χ1) is 8.16. The molecule has 3 atom stereocenters. The van der Waals surface area contributed by atoms with Gasteiger partial charge in [0.2, 0.25) is 0 Å². The van der Waals surface area contributed by atoms with E-state index in [1.165, 1.54) is 6.42 Å². The molecule has 0 aliphatic heterocycles. The lowest BCUT2D eigenvalue weighted by Crippen LogP contribution is -2.48. The molecule has 0 spiro atoms. The van der Waals surface area contributed by atoms with Crippen molar-refractivity contribution in [2.75, 3.05) is 0 Å². The van der Waals surface area contributed by atoms with Gasteiger partial charge in [-0.3, -0.25) is 4.79 Å². The zero-order valence-electron chi connectivity index (χ0n) is 12.6. The second kappa shape index (κ2) is 5.60. The first-order valence-corrected chi connectivity index (χ1v) is 7.16. The van der Waals surface area contributed by atoms with Crippen LogP contribution in [-0.2, 0) is 9.53 Å². The average Bonchev–Trinajstić information content (AvgIpc) is 2.13. The van der Waals surface area contributed by atoms with Crippen LogP contribution in [0.5, 0.6) is 0 Å². The third-order valence-corrected chi connectivity index (χ3v) is 3.86. The van der Waals surface area contributed by atoms with Gasteiger partial charge in [0.15, 0.2) is 0 Å². The maximum absolute atomic E-state index is 12.1. The molecule has 1 saturated carbocycles. The molecule has 0 radical (unpaired) electrons. The highest BCUT2D eigenvalue weighted by atomic mass is 16.5. The maximum Gasteiger partial charge on any atom is 0.326 e. The molecule has 0 aromatic rings. The molecule has 0 aromatic carbocycles. The SMILES string of the molecule is CCCC(C)(N)C(=O)OC1CC(C)CC(C)(C)C1. The molecule has 2 N–H and O–H groups in total. The van der Waals surface area contributed by atoms with E-state index in [2.05, 4.69) is 20.8 Å². The number of carbonyl (C=O) groups excluding carboxylic acids is 1. The van der Waals surface area contributed by atoms with Crippen molar-refractivity contribution in [1.82, 2.24) is 0 Å². The van der Waals surface area contributed by atoms with E-state index < -0.39 is 5.54 Å². The number of rotatable bonds is 4. The molecule has 1 rings (SSSR count). The molecule has 3 nitrogen and oxygen atoms in total. The van der Waals surface area contributed by atoms with Gasteiger partial charge in [0, 0.05) is 0 Å². The Balaban J connectivity index is 2.59. The van der Waals surface area contributed by atoms with Crippen LogP contribution in [-0.4, -0.2) is 17.6 Å². The molecule has 0 aromatic heterocycles. The number of ether oxygens (including phenoxy) is 1. The minimum atomic E-state index is -0.834. The summed E-state index contributed by atoms with van der Waals surface area (Å²) in [7, 11) is 0. The van der Waals surface area contributed by atoms with Crippen LogP contribution in [0, 0.1) is 11.3 Å². The molecule has 0 amide bonds. The van der Waals surface area contributed by atoms with Crippen LogP contribution < -0.4 is 5.73 Å². The predicted octanol–water partition coefficient (Wildman–Crippen LogP) is 3.26. The summed E-state index contributed by atoms with van der Waals surface area (Å²) in [5.41, 5.74) is 5.44. The number of carbonyl (C=O) groups is 1. The van der Waals surface area contributed by atoms with E-state index in [1.807, 2.05) is 6.92 Å². The number of hydrogen-bond acceptors (Lipinski definition) is 3. The number of nitrogens with two attached hydrogens (primary N) is 1. The highest BCUT2D eigenvalue weighted by molar-refractivity contribution is 5.80. The van der Waals surface area contributed by atoms with Crippen molar-refractivity contribution in [3.63, 3.8) is 0 Å². The molecule has 18 heavy (non-hydrogen) atoms. The molecule has 106 valence electrons. The third kappa shape index (κ3) is 4.27. The van der Waals surface area contributed by atoms with E-state index in [0.29, 0.717) is 12.3 Å². The smallest absolute Gasteiger partial charge is 0.326 e. The van der Waals surface area contributed by atoms with Crippen molar-refractivity contribution in [3.05, 3.63) is 0 Å². The molecule has 0 bridgehead atoms. The van der Waals surface area contributed by atoms with Gasteiger partial charge in [0.25, 0.3) is 0 Å². The average molecular weight is 255 g/mol. The van der Waals surface area contributed by atoms with Crippen LogP contribution in [0.15, 0.2) is 0 Å². The standard InChI is InChI=1S/C15H29NO2/c1-6-7-15(5,16)13(17)18-12-8-11(2)9-14(3,4)10-12/h11-12H,6-10,16H2,1-5H3. The number of hydrogen-bond donors (Lipinski definition) is 1. The fourth-order valence-corrected chi connectivity index (χ4v) is 3.26. The van der Waals surface area contributed by atoms with Gasteiger partial charge in [-0.25, -0.2) is 0 Å². The van der Waals surface area contributed by atoms with E-state index in [-0.39, 0.29) is 17.5 Å². The molecular weight excluding hydrogens is 226 g/mol. The molecule has 1 fully saturated rings. The molecule has 3 unspecified atom stereocenters. The van der Waals surface area contributed by atoms with Gasteiger partial charge in [-0.15, -0.1) is 0 Å². The lowest BCUT2D eigenvalue weighted by atomic mass is 9.71. The summed E-state index contributed by atoms with van der Waals surface area (Å²) in [4.78, 5) is 12.1. The Kier molecular flexibility index (Phi) is 4.82. The van der Waals surface area contributed by atoms with Crippen LogP contribution >= 0.6 is 0 Å². The molecule has 1 aliphatic carbocycles. The third-order valence-electron chi connectivity index (χ3n) is 3.86. The maximum atomic E-state index is 12.1. The normalized spacial score (nSPS) is 30.6. The van der Waals surface area contributed by atoms with Gasteiger partial charge in [-0.1, -0.05) is 34.1 Å². The fourth-order valence-electron chi connectivity index (χ4n) is 3.26. The lowest BCUT2D eigenvalue weighted by molar-refractivity contribution is -0.159. The Bertz CT molecular complexity index is 297. The van der Waals surface area contributed by atoms with E-state index in [9.17, 15) is 4.79 Å². The second-order valence-electron chi connectivity index (χ2n) is 7.11. The monoisotopic (exact) mass is 255 g/mol. The summed E-state index contributed by atoms with van der Waals surface area (Å²) < 4.78 is 5.65. The van der Waals surface area contributed by atoms with Crippen LogP contribution in [0.25, 0.3) is 0 Å². The van der Waals surface area contributed by atoms with Gasteiger partial charge in [-0.2, -0.15) is 0 Å². The van der Waals surface area contributed by atoms with Crippen molar-refractivity contribution in [3.8, 4) is 0 Å². The summed E-state index contributed by atoms with van der Waals surface area (Å²) in [6.45, 7) is 10.5. The Morgan fingerprint density at radius 2 is 2.06 bits per heavy atom. The van der Waals surface area contributed by atoms with Crippen molar-refractivity contribution in [1.29, 1.82) is 0 Å². The van der Waals surface area contributed by atoms with Crippen LogP contribution in [0.3, 0.4) is 0 Å². The zero-order valence-corrected chi connectivity index (χ0v) is 12.6. The minimum absolute atomic E-state index is 0.0379. The highest BCUT2D eigenvalue weighted by Crippen LogP contribution is 2.40. The Labute approximate surface area is 111 Å². The number of esters is 1. The summed E-state index contributed by atoms with van der Waals surface area (Å²) in [6.07, 6.45) is 4.74. The molecule has 1 aliphatic rings. The summed E-state index contributed by atoms with van der Waals surface area (Å²) in [5, 5.41) is 0. The van der Waals surface area contributed by atoms with Crippen LogP contribution in [0.1, 0.15) is 66.7 Å². The van der Waals surface area contributed by atoms with E-state index in [0.717, 1.165) is 19.3 Å². The minimum Gasteiger partial charge on any atom is -0.461 e. The van der Waals surface area contributed by atoms with Crippen molar-refractivity contribution in [2.45, 2.75) is 78.4 Å². The molecule has 3 heteroatoms. The predicted molar refractivity (Wildman–Crippen MR) is 74.2 cm³/mol. The fraction of sp³-hybridized carbons (Fsp3) is 0.933. The summed E-state index contributed by atoms with van der Waals surface area (Å²) >= 11 is 0. The van der Waals surface area contributed by atoms with Crippen molar-refractivity contribution < 1.29 is 9.53 Å². The van der Waals surface area contributed by atoms with Crippen molar-refractivity contribution >= 4 is 5.97 Å². The summed E-state index contributed by atoms with van der Waals surface area (Å²) in [6, 6.07) is 0. The van der Waals surface area contributed by atoms with Crippen LogP contribution in [0.4, 0.5) is 0 Å². The Hall–Kier alpha value is -0.570.